The molecule has 13 heteroatoms. The summed E-state index contributed by atoms with van der Waals surface area (Å²) >= 11 is 0. The third-order valence-electron chi connectivity index (χ3n) is 7.08. The second-order valence-electron chi connectivity index (χ2n) is 9.93. The number of anilines is 1. The molecule has 1 N–H and O–H groups in total. The van der Waals surface area contributed by atoms with Crippen molar-refractivity contribution in [3.8, 4) is 23.0 Å². The number of hydrogen-bond donors (Lipinski definition) is 1. The Labute approximate surface area is 263 Å². The SMILES string of the molecule is CCCNC(=O)[C@H](CC)N(Cc1ccc(F)cc1)C(=O)CN(c1cc(OC)ccc1OC)S(=O)(=O)c1ccc(OC)c(OC)c1. The van der Waals surface area contributed by atoms with Crippen LogP contribution in [0.1, 0.15) is 32.3 Å². The van der Waals surface area contributed by atoms with Gasteiger partial charge in [0, 0.05) is 25.2 Å². The molecule has 0 saturated heterocycles. The number of nitrogens with zero attached hydrogens (tertiary/aromatic N) is 2. The predicted molar refractivity (Wildman–Crippen MR) is 168 cm³/mol. The second-order valence-corrected chi connectivity index (χ2v) is 11.8. The number of hydrogen-bond acceptors (Lipinski definition) is 8. The molecule has 0 heterocycles. The van der Waals surface area contributed by atoms with Crippen LogP contribution in [0, 0.1) is 5.82 Å². The third kappa shape index (κ3) is 8.35. The number of methoxy groups -OCH3 is 4. The minimum atomic E-state index is -4.48. The number of carbonyl (C=O) groups is 2. The molecule has 3 rings (SSSR count). The van der Waals surface area contributed by atoms with Crippen LogP contribution in [0.3, 0.4) is 0 Å². The standard InChI is InChI=1S/C32H40FN3O8S/c1-7-17-34-32(38)26(8-2)35(20-22-9-11-23(33)12-10-22)31(37)21-36(27-18-24(41-3)13-15-28(27)42-4)45(39,40)25-14-16-29(43-5)30(19-25)44-6/h9-16,18-19,26H,7-8,17,20-21H2,1-6H3,(H,34,38)/t26-/m0/s1. The first-order chi connectivity index (χ1) is 21.5. The van der Waals surface area contributed by atoms with Crippen LogP contribution in [-0.2, 0) is 26.2 Å². The number of ether oxygens (including phenoxy) is 4. The quantitative estimate of drug-likeness (QED) is 0.243. The Morgan fingerprint density at radius 2 is 1.49 bits per heavy atom. The molecule has 0 aliphatic heterocycles. The van der Waals surface area contributed by atoms with Gasteiger partial charge in [0.1, 0.15) is 29.9 Å². The summed E-state index contributed by atoms with van der Waals surface area (Å²) in [5, 5.41) is 2.82. The maximum absolute atomic E-state index is 14.4. The van der Waals surface area contributed by atoms with Crippen LogP contribution in [0.4, 0.5) is 10.1 Å². The molecule has 45 heavy (non-hydrogen) atoms. The van der Waals surface area contributed by atoms with Gasteiger partial charge in [-0.25, -0.2) is 12.8 Å². The number of halogens is 1. The Kier molecular flexibility index (Phi) is 12.4. The van der Waals surface area contributed by atoms with E-state index in [-0.39, 0.29) is 41.0 Å². The summed E-state index contributed by atoms with van der Waals surface area (Å²) in [6, 6.07) is 13.2. The van der Waals surface area contributed by atoms with E-state index in [0.717, 1.165) is 4.31 Å². The van der Waals surface area contributed by atoms with Gasteiger partial charge in [-0.2, -0.15) is 0 Å². The topological polar surface area (TPSA) is 124 Å². The first-order valence-corrected chi connectivity index (χ1v) is 15.8. The van der Waals surface area contributed by atoms with Gasteiger partial charge >= 0.3 is 0 Å². The Morgan fingerprint density at radius 1 is 0.844 bits per heavy atom. The average Bonchev–Trinajstić information content (AvgIpc) is 3.05. The van der Waals surface area contributed by atoms with Crippen molar-refractivity contribution < 1.29 is 41.3 Å². The van der Waals surface area contributed by atoms with Crippen LogP contribution < -0.4 is 28.6 Å². The number of sulfonamides is 1. The van der Waals surface area contributed by atoms with Gasteiger partial charge in [0.25, 0.3) is 10.0 Å². The predicted octanol–water partition coefficient (Wildman–Crippen LogP) is 4.39. The van der Waals surface area contributed by atoms with E-state index in [4.69, 9.17) is 18.9 Å². The molecule has 11 nitrogen and oxygen atoms in total. The normalized spacial score (nSPS) is 11.7. The van der Waals surface area contributed by atoms with Crippen LogP contribution >= 0.6 is 0 Å². The third-order valence-corrected chi connectivity index (χ3v) is 8.83. The molecule has 0 radical (unpaired) electrons. The number of benzene rings is 3. The van der Waals surface area contributed by atoms with Crippen LogP contribution in [0.5, 0.6) is 23.0 Å². The van der Waals surface area contributed by atoms with Crippen LogP contribution in [0.15, 0.2) is 65.6 Å². The van der Waals surface area contributed by atoms with Gasteiger partial charge in [0.15, 0.2) is 11.5 Å². The summed E-state index contributed by atoms with van der Waals surface area (Å²) in [7, 11) is 1.13. The molecular weight excluding hydrogens is 605 g/mol. The Morgan fingerprint density at radius 3 is 2.07 bits per heavy atom. The summed E-state index contributed by atoms with van der Waals surface area (Å²) < 4.78 is 64.9. The molecule has 0 aliphatic carbocycles. The number of nitrogens with one attached hydrogen (secondary N) is 1. The van der Waals surface area contributed by atoms with Crippen molar-refractivity contribution in [1.29, 1.82) is 0 Å². The summed E-state index contributed by atoms with van der Waals surface area (Å²) in [4.78, 5) is 28.7. The molecule has 0 bridgehead atoms. The lowest BCUT2D eigenvalue weighted by Crippen LogP contribution is -2.52. The highest BCUT2D eigenvalue weighted by molar-refractivity contribution is 7.92. The van der Waals surface area contributed by atoms with Gasteiger partial charge in [-0.1, -0.05) is 26.0 Å². The van der Waals surface area contributed by atoms with E-state index >= 15 is 0 Å². The molecule has 0 aliphatic rings. The fourth-order valence-corrected chi connectivity index (χ4v) is 6.11. The summed E-state index contributed by atoms with van der Waals surface area (Å²) in [6.45, 7) is 3.27. The molecule has 0 spiro atoms. The molecule has 3 aromatic carbocycles. The monoisotopic (exact) mass is 645 g/mol. The lowest BCUT2D eigenvalue weighted by atomic mass is 10.1. The van der Waals surface area contributed by atoms with E-state index in [1.165, 1.54) is 87.9 Å². The maximum Gasteiger partial charge on any atom is 0.265 e. The summed E-state index contributed by atoms with van der Waals surface area (Å²) in [5.41, 5.74) is 0.588. The van der Waals surface area contributed by atoms with Crippen molar-refractivity contribution in [3.63, 3.8) is 0 Å². The van der Waals surface area contributed by atoms with Crippen molar-refractivity contribution in [2.45, 2.75) is 44.2 Å². The number of carbonyl (C=O) groups excluding carboxylic acids is 2. The van der Waals surface area contributed by atoms with E-state index in [1.54, 1.807) is 13.0 Å². The highest BCUT2D eigenvalue weighted by Gasteiger charge is 2.35. The van der Waals surface area contributed by atoms with Crippen molar-refractivity contribution in [2.24, 2.45) is 0 Å². The molecule has 2 amide bonds. The minimum absolute atomic E-state index is 0.0326. The van der Waals surface area contributed by atoms with E-state index in [9.17, 15) is 22.4 Å². The second kappa shape index (κ2) is 16.0. The van der Waals surface area contributed by atoms with E-state index in [1.807, 2.05) is 6.92 Å². The lowest BCUT2D eigenvalue weighted by Gasteiger charge is -2.33. The van der Waals surface area contributed by atoms with Gasteiger partial charge in [-0.3, -0.25) is 13.9 Å². The van der Waals surface area contributed by atoms with Gasteiger partial charge in [0.05, 0.1) is 39.0 Å². The van der Waals surface area contributed by atoms with Crippen molar-refractivity contribution in [1.82, 2.24) is 10.2 Å². The fraction of sp³-hybridized carbons (Fsp3) is 0.375. The summed E-state index contributed by atoms with van der Waals surface area (Å²) in [6.07, 6.45) is 0.925. The first kappa shape index (κ1) is 35.0. The zero-order chi connectivity index (χ0) is 33.1. The Balaban J connectivity index is 2.18. The molecule has 244 valence electrons. The molecule has 0 saturated carbocycles. The van der Waals surface area contributed by atoms with Crippen LogP contribution in [-0.4, -0.2) is 72.7 Å². The maximum atomic E-state index is 14.4. The van der Waals surface area contributed by atoms with Gasteiger partial charge in [-0.15, -0.1) is 0 Å². The fourth-order valence-electron chi connectivity index (χ4n) is 4.68. The van der Waals surface area contributed by atoms with Gasteiger partial charge in [-0.05, 0) is 54.8 Å². The van der Waals surface area contributed by atoms with E-state index in [2.05, 4.69) is 5.32 Å². The number of rotatable bonds is 16. The van der Waals surface area contributed by atoms with Crippen molar-refractivity contribution >= 4 is 27.5 Å². The Hall–Kier alpha value is -4.52. The zero-order valence-corrected chi connectivity index (χ0v) is 27.1. The van der Waals surface area contributed by atoms with E-state index < -0.39 is 34.3 Å². The minimum Gasteiger partial charge on any atom is -0.497 e. The molecule has 1 atom stereocenters. The first-order valence-electron chi connectivity index (χ1n) is 14.3. The molecule has 0 aromatic heterocycles. The van der Waals surface area contributed by atoms with Crippen LogP contribution in [0.25, 0.3) is 0 Å². The van der Waals surface area contributed by atoms with Gasteiger partial charge < -0.3 is 29.2 Å². The zero-order valence-electron chi connectivity index (χ0n) is 26.3. The summed E-state index contributed by atoms with van der Waals surface area (Å²) in [5.74, 6) is -0.562. The largest absolute Gasteiger partial charge is 0.497 e. The highest BCUT2D eigenvalue weighted by Crippen LogP contribution is 2.38. The van der Waals surface area contributed by atoms with Crippen molar-refractivity contribution in [3.05, 3.63) is 72.0 Å². The number of amides is 2. The van der Waals surface area contributed by atoms with Crippen molar-refractivity contribution in [2.75, 3.05) is 45.8 Å². The Bertz CT molecular complexity index is 1570. The smallest absolute Gasteiger partial charge is 0.265 e. The average molecular weight is 646 g/mol. The molecule has 3 aromatic rings. The lowest BCUT2D eigenvalue weighted by molar-refractivity contribution is -0.140. The molecule has 0 unspecified atom stereocenters. The molecule has 0 fully saturated rings. The highest BCUT2D eigenvalue weighted by atomic mass is 32.2. The van der Waals surface area contributed by atoms with Gasteiger partial charge in [0.2, 0.25) is 11.8 Å². The van der Waals surface area contributed by atoms with E-state index in [0.29, 0.717) is 30.0 Å². The van der Waals surface area contributed by atoms with Crippen LogP contribution in [0.2, 0.25) is 0 Å². The molecular formula is C32H40FN3O8S.